The number of para-hydroxylation sites is 1. The molecule has 1 aliphatic heterocycles. The minimum atomic E-state index is -0.253. The number of piperidine rings is 1. The Morgan fingerprint density at radius 3 is 2.72 bits per heavy atom. The highest BCUT2D eigenvalue weighted by molar-refractivity contribution is 5.97. The number of methoxy groups -OCH3 is 1. The van der Waals surface area contributed by atoms with Crippen molar-refractivity contribution >= 4 is 5.91 Å². The maximum atomic E-state index is 14.2. The Labute approximate surface area is 188 Å². The fourth-order valence-corrected chi connectivity index (χ4v) is 4.42. The van der Waals surface area contributed by atoms with Crippen LogP contribution in [-0.2, 0) is 6.54 Å². The Morgan fingerprint density at radius 1 is 1.16 bits per heavy atom. The molecule has 0 bridgehead atoms. The molecule has 1 N–H and O–H groups in total. The minimum Gasteiger partial charge on any atom is -0.496 e. The molecule has 6 heteroatoms. The lowest BCUT2D eigenvalue weighted by Crippen LogP contribution is -2.43. The van der Waals surface area contributed by atoms with Crippen molar-refractivity contribution in [2.45, 2.75) is 25.4 Å². The molecule has 1 fully saturated rings. The fourth-order valence-electron chi connectivity index (χ4n) is 4.42. The van der Waals surface area contributed by atoms with Crippen LogP contribution in [0.25, 0.3) is 0 Å². The van der Waals surface area contributed by atoms with E-state index in [2.05, 4.69) is 15.2 Å². The number of carbonyl (C=O) groups is 1. The molecule has 0 unspecified atom stereocenters. The summed E-state index contributed by atoms with van der Waals surface area (Å²) in [6.45, 7) is 2.21. The predicted molar refractivity (Wildman–Crippen MR) is 122 cm³/mol. The van der Waals surface area contributed by atoms with E-state index in [1.165, 1.54) is 6.07 Å². The smallest absolute Gasteiger partial charge is 0.255 e. The summed E-state index contributed by atoms with van der Waals surface area (Å²) in [4.78, 5) is 20.0. The highest BCUT2D eigenvalue weighted by atomic mass is 19.1. The summed E-state index contributed by atoms with van der Waals surface area (Å²) in [5.74, 6) is 0.323. The van der Waals surface area contributed by atoms with E-state index in [9.17, 15) is 9.18 Å². The number of rotatable bonds is 7. The van der Waals surface area contributed by atoms with Crippen molar-refractivity contribution in [2.24, 2.45) is 5.92 Å². The SMILES string of the molecule is COc1ccccc1C(=O)N[C@@H](c1ccccn1)[C@H]1CCCN(Cc2ccccc2F)C1. The Morgan fingerprint density at radius 2 is 1.94 bits per heavy atom. The molecule has 3 aromatic rings. The Balaban J connectivity index is 1.55. The summed E-state index contributed by atoms with van der Waals surface area (Å²) in [6, 6.07) is 19.6. The average molecular weight is 434 g/mol. The van der Waals surface area contributed by atoms with Gasteiger partial charge in [-0.2, -0.15) is 0 Å². The van der Waals surface area contributed by atoms with Gasteiger partial charge in [0.15, 0.2) is 0 Å². The number of nitrogens with one attached hydrogen (secondary N) is 1. The van der Waals surface area contributed by atoms with Crippen molar-refractivity contribution < 1.29 is 13.9 Å². The fraction of sp³-hybridized carbons (Fsp3) is 0.308. The second-order valence-electron chi connectivity index (χ2n) is 8.13. The number of pyridine rings is 1. The van der Waals surface area contributed by atoms with Gasteiger partial charge in [-0.3, -0.25) is 14.7 Å². The second kappa shape index (κ2) is 10.4. The third-order valence-corrected chi connectivity index (χ3v) is 6.01. The number of hydrogen-bond acceptors (Lipinski definition) is 4. The van der Waals surface area contributed by atoms with Crippen LogP contribution < -0.4 is 10.1 Å². The van der Waals surface area contributed by atoms with E-state index < -0.39 is 0 Å². The zero-order chi connectivity index (χ0) is 22.3. The summed E-state index contributed by atoms with van der Waals surface area (Å²) in [6.07, 6.45) is 3.69. The Kier molecular flexibility index (Phi) is 7.12. The van der Waals surface area contributed by atoms with Crippen LogP contribution in [0, 0.1) is 11.7 Å². The molecule has 5 nitrogen and oxygen atoms in total. The number of ether oxygens (including phenoxy) is 1. The summed E-state index contributed by atoms with van der Waals surface area (Å²) < 4.78 is 19.6. The van der Waals surface area contributed by atoms with Gasteiger partial charge in [0.1, 0.15) is 11.6 Å². The minimum absolute atomic E-state index is 0.157. The van der Waals surface area contributed by atoms with Crippen molar-refractivity contribution in [3.05, 3.63) is 95.6 Å². The first-order chi connectivity index (χ1) is 15.7. The monoisotopic (exact) mass is 433 g/mol. The zero-order valence-electron chi connectivity index (χ0n) is 18.2. The first kappa shape index (κ1) is 22.0. The van der Waals surface area contributed by atoms with Crippen molar-refractivity contribution in [3.63, 3.8) is 0 Å². The molecule has 1 amide bonds. The van der Waals surface area contributed by atoms with Crippen LogP contribution in [0.5, 0.6) is 5.75 Å². The van der Waals surface area contributed by atoms with Gasteiger partial charge in [0.25, 0.3) is 5.91 Å². The number of amides is 1. The van der Waals surface area contributed by atoms with Gasteiger partial charge in [0, 0.05) is 24.8 Å². The molecule has 0 saturated carbocycles. The molecule has 166 valence electrons. The molecule has 2 atom stereocenters. The van der Waals surface area contributed by atoms with E-state index in [0.717, 1.165) is 31.6 Å². The van der Waals surface area contributed by atoms with Crippen LogP contribution in [0.15, 0.2) is 72.9 Å². The van der Waals surface area contributed by atoms with Gasteiger partial charge in [-0.1, -0.05) is 36.4 Å². The third kappa shape index (κ3) is 5.14. The first-order valence-electron chi connectivity index (χ1n) is 11.0. The van der Waals surface area contributed by atoms with E-state index in [4.69, 9.17) is 4.74 Å². The third-order valence-electron chi connectivity index (χ3n) is 6.01. The maximum absolute atomic E-state index is 14.2. The van der Waals surface area contributed by atoms with Crippen LogP contribution in [0.1, 0.15) is 40.5 Å². The molecule has 1 saturated heterocycles. The molecule has 1 aromatic heterocycles. The van der Waals surface area contributed by atoms with Gasteiger partial charge in [0.2, 0.25) is 0 Å². The van der Waals surface area contributed by atoms with Crippen molar-refractivity contribution in [3.8, 4) is 5.75 Å². The van der Waals surface area contributed by atoms with Gasteiger partial charge in [-0.25, -0.2) is 4.39 Å². The number of nitrogens with zero attached hydrogens (tertiary/aromatic N) is 2. The quantitative estimate of drug-likeness (QED) is 0.591. The molecule has 1 aliphatic rings. The molecular weight excluding hydrogens is 405 g/mol. The summed E-state index contributed by atoms with van der Waals surface area (Å²) in [5, 5.41) is 3.21. The Bertz CT molecular complexity index is 1040. The van der Waals surface area contributed by atoms with Crippen molar-refractivity contribution in [2.75, 3.05) is 20.2 Å². The molecule has 32 heavy (non-hydrogen) atoms. The highest BCUT2D eigenvalue weighted by Gasteiger charge is 2.31. The molecule has 4 rings (SSSR count). The van der Waals surface area contributed by atoms with E-state index in [-0.39, 0.29) is 23.7 Å². The van der Waals surface area contributed by atoms with Crippen LogP contribution in [0.2, 0.25) is 0 Å². The molecule has 0 radical (unpaired) electrons. The van der Waals surface area contributed by atoms with Crippen molar-refractivity contribution in [1.82, 2.24) is 15.2 Å². The van der Waals surface area contributed by atoms with E-state index in [1.54, 1.807) is 31.5 Å². The maximum Gasteiger partial charge on any atom is 0.255 e. The lowest BCUT2D eigenvalue weighted by Gasteiger charge is -2.37. The average Bonchev–Trinajstić information content (AvgIpc) is 2.84. The summed E-state index contributed by atoms with van der Waals surface area (Å²) >= 11 is 0. The Hall–Kier alpha value is -3.25. The normalized spacial score (nSPS) is 17.5. The molecule has 0 aliphatic carbocycles. The van der Waals surface area contributed by atoms with E-state index in [1.807, 2.05) is 42.5 Å². The summed E-state index contributed by atoms with van der Waals surface area (Å²) in [7, 11) is 1.56. The summed E-state index contributed by atoms with van der Waals surface area (Å²) in [5.41, 5.74) is 2.02. The van der Waals surface area contributed by atoms with Gasteiger partial charge in [-0.15, -0.1) is 0 Å². The largest absolute Gasteiger partial charge is 0.496 e. The second-order valence-corrected chi connectivity index (χ2v) is 8.13. The van der Waals surface area contributed by atoms with Crippen LogP contribution in [0.3, 0.4) is 0 Å². The lowest BCUT2D eigenvalue weighted by molar-refractivity contribution is 0.0871. The van der Waals surface area contributed by atoms with Gasteiger partial charge < -0.3 is 10.1 Å². The van der Waals surface area contributed by atoms with E-state index in [0.29, 0.717) is 23.4 Å². The number of hydrogen-bond donors (Lipinski definition) is 1. The van der Waals surface area contributed by atoms with Gasteiger partial charge in [0.05, 0.1) is 24.4 Å². The van der Waals surface area contributed by atoms with Crippen LogP contribution in [0.4, 0.5) is 4.39 Å². The highest BCUT2D eigenvalue weighted by Crippen LogP contribution is 2.31. The number of likely N-dealkylation sites (tertiary alicyclic amines) is 1. The first-order valence-corrected chi connectivity index (χ1v) is 11.0. The van der Waals surface area contributed by atoms with Gasteiger partial charge >= 0.3 is 0 Å². The van der Waals surface area contributed by atoms with Gasteiger partial charge in [-0.05, 0) is 55.6 Å². The molecule has 0 spiro atoms. The number of benzene rings is 2. The molecule has 2 aromatic carbocycles. The standard InChI is InChI=1S/C26H28FN3O2/c1-32-24-14-5-3-11-21(24)26(31)29-25(23-13-6-7-15-28-23)20-10-8-16-30(18-20)17-19-9-2-4-12-22(19)27/h2-7,9,11-15,20,25H,8,10,16-18H2,1H3,(H,29,31)/t20-,25+/m0/s1. The topological polar surface area (TPSA) is 54.5 Å². The number of halogens is 1. The van der Waals surface area contributed by atoms with E-state index >= 15 is 0 Å². The molecule has 2 heterocycles. The lowest BCUT2D eigenvalue weighted by atomic mass is 9.88. The van der Waals surface area contributed by atoms with Crippen LogP contribution >= 0.6 is 0 Å². The number of aromatic nitrogens is 1. The van der Waals surface area contributed by atoms with Crippen LogP contribution in [-0.4, -0.2) is 36.0 Å². The van der Waals surface area contributed by atoms with Crippen molar-refractivity contribution in [1.29, 1.82) is 0 Å². The predicted octanol–water partition coefficient (Wildman–Crippen LogP) is 4.61. The molecular formula is C26H28FN3O2. The number of carbonyl (C=O) groups excluding carboxylic acids is 1. The zero-order valence-corrected chi connectivity index (χ0v) is 18.2.